The number of hydrogen-bond acceptors (Lipinski definition) is 5. The Morgan fingerprint density at radius 2 is 1.80 bits per heavy atom. The van der Waals surface area contributed by atoms with Crippen LogP contribution < -0.4 is 0 Å². The van der Waals surface area contributed by atoms with E-state index < -0.39 is 11.6 Å². The van der Waals surface area contributed by atoms with Crippen molar-refractivity contribution >= 4 is 17.5 Å². The van der Waals surface area contributed by atoms with Crippen molar-refractivity contribution in [3.8, 4) is 0 Å². The van der Waals surface area contributed by atoms with Gasteiger partial charge in [0.1, 0.15) is 11.8 Å². The Morgan fingerprint density at radius 3 is 2.33 bits per heavy atom. The van der Waals surface area contributed by atoms with Gasteiger partial charge in [0.15, 0.2) is 11.8 Å². The van der Waals surface area contributed by atoms with Crippen molar-refractivity contribution in [2.24, 2.45) is 0 Å². The minimum absolute atomic E-state index is 0.0704. The number of nitrogens with zero attached hydrogens (tertiary/aromatic N) is 2. The molecule has 0 saturated carbocycles. The van der Waals surface area contributed by atoms with Crippen molar-refractivity contribution < 1.29 is 28.7 Å². The minimum atomic E-state index is -1.40. The SMILES string of the molecule is COC1=C[N+](C)(C2CCN(C(=O)C(C)(C)O)CC2)C(CC(=O)c2ccccc2)C1=O. The molecular formula is C23H31N2O5+. The number of hydrogen-bond donors (Lipinski definition) is 1. The lowest BCUT2D eigenvalue weighted by Gasteiger charge is -2.44. The van der Waals surface area contributed by atoms with Gasteiger partial charge >= 0.3 is 0 Å². The molecule has 1 aromatic carbocycles. The number of methoxy groups -OCH3 is 1. The van der Waals surface area contributed by atoms with Crippen LogP contribution >= 0.6 is 0 Å². The second-order valence-electron chi connectivity index (χ2n) is 8.88. The van der Waals surface area contributed by atoms with Gasteiger partial charge < -0.3 is 14.7 Å². The average Bonchev–Trinajstić information content (AvgIpc) is 2.98. The fourth-order valence-corrected chi connectivity index (χ4v) is 4.56. The molecule has 1 aromatic rings. The number of quaternary nitrogens is 1. The molecule has 1 amide bonds. The highest BCUT2D eigenvalue weighted by molar-refractivity contribution is 6.04. The summed E-state index contributed by atoms with van der Waals surface area (Å²) in [6.07, 6.45) is 3.28. The van der Waals surface area contributed by atoms with E-state index >= 15 is 0 Å². The first-order valence-electron chi connectivity index (χ1n) is 10.3. The normalized spacial score (nSPS) is 25.2. The second kappa shape index (κ2) is 8.32. The number of carbonyl (C=O) groups excluding carboxylic acids is 3. The van der Waals surface area contributed by atoms with Gasteiger partial charge in [-0.05, 0) is 13.8 Å². The van der Waals surface area contributed by atoms with E-state index in [1.165, 1.54) is 21.0 Å². The smallest absolute Gasteiger partial charge is 0.260 e. The van der Waals surface area contributed by atoms with Gasteiger partial charge in [-0.25, -0.2) is 0 Å². The first kappa shape index (κ1) is 22.2. The Hall–Kier alpha value is -2.51. The Morgan fingerprint density at radius 1 is 1.20 bits per heavy atom. The van der Waals surface area contributed by atoms with Gasteiger partial charge in [-0.3, -0.25) is 18.9 Å². The predicted octanol–water partition coefficient (Wildman–Crippen LogP) is 1.91. The molecule has 2 heterocycles. The quantitative estimate of drug-likeness (QED) is 0.567. The fraction of sp³-hybridized carbons (Fsp3) is 0.522. The van der Waals surface area contributed by atoms with Crippen molar-refractivity contribution in [1.82, 2.24) is 4.90 Å². The molecule has 0 radical (unpaired) electrons. The molecule has 162 valence electrons. The molecule has 0 bridgehead atoms. The summed E-state index contributed by atoms with van der Waals surface area (Å²) in [5.41, 5.74) is -0.809. The first-order chi connectivity index (χ1) is 14.1. The first-order valence-corrected chi connectivity index (χ1v) is 10.3. The van der Waals surface area contributed by atoms with E-state index in [1.54, 1.807) is 17.0 Å². The highest BCUT2D eigenvalue weighted by atomic mass is 16.5. The maximum atomic E-state index is 13.0. The highest BCUT2D eigenvalue weighted by Gasteiger charge is 2.52. The Balaban J connectivity index is 1.78. The standard InChI is InChI=1S/C23H31N2O5/c1-23(2,29)22(28)24-12-10-17(11-13-24)25(3)15-20(30-4)21(27)18(25)14-19(26)16-8-6-5-7-9-16/h5-9,15,17-18,29H,10-14H2,1-4H3/q+1. The molecule has 1 fully saturated rings. The third kappa shape index (κ3) is 4.18. The molecule has 0 spiro atoms. The van der Waals surface area contributed by atoms with Gasteiger partial charge in [-0.1, -0.05) is 30.3 Å². The van der Waals surface area contributed by atoms with E-state index in [-0.39, 0.29) is 29.9 Å². The highest BCUT2D eigenvalue weighted by Crippen LogP contribution is 2.36. The summed E-state index contributed by atoms with van der Waals surface area (Å²) >= 11 is 0. The number of aliphatic hydroxyl groups is 1. The third-order valence-corrected chi connectivity index (χ3v) is 6.37. The largest absolute Gasteiger partial charge is 0.489 e. The molecule has 1 N–H and O–H groups in total. The minimum Gasteiger partial charge on any atom is -0.489 e. The van der Waals surface area contributed by atoms with Crippen LogP contribution in [0.4, 0.5) is 0 Å². The van der Waals surface area contributed by atoms with Gasteiger partial charge in [0.2, 0.25) is 5.76 Å². The summed E-state index contributed by atoms with van der Waals surface area (Å²) in [5, 5.41) is 10.0. The van der Waals surface area contributed by atoms with Crippen molar-refractivity contribution in [3.05, 3.63) is 47.9 Å². The lowest BCUT2D eigenvalue weighted by Crippen LogP contribution is -2.59. The maximum Gasteiger partial charge on any atom is 0.260 e. The van der Waals surface area contributed by atoms with E-state index in [0.29, 0.717) is 41.7 Å². The molecule has 7 nitrogen and oxygen atoms in total. The monoisotopic (exact) mass is 415 g/mol. The van der Waals surface area contributed by atoms with E-state index in [9.17, 15) is 19.5 Å². The van der Waals surface area contributed by atoms with Crippen LogP contribution in [-0.4, -0.2) is 76.9 Å². The lowest BCUT2D eigenvalue weighted by atomic mass is 9.94. The van der Waals surface area contributed by atoms with Gasteiger partial charge in [0, 0.05) is 31.5 Å². The van der Waals surface area contributed by atoms with Crippen LogP contribution in [0.5, 0.6) is 0 Å². The molecule has 2 atom stereocenters. The second-order valence-corrected chi connectivity index (χ2v) is 8.88. The van der Waals surface area contributed by atoms with Crippen molar-refractivity contribution in [2.45, 2.75) is 50.8 Å². The lowest BCUT2D eigenvalue weighted by molar-refractivity contribution is -0.898. The average molecular weight is 416 g/mol. The van der Waals surface area contributed by atoms with Gasteiger partial charge in [0.05, 0.1) is 26.6 Å². The van der Waals surface area contributed by atoms with Crippen LogP contribution in [0, 0.1) is 0 Å². The number of benzene rings is 1. The van der Waals surface area contributed by atoms with Crippen LogP contribution in [-0.2, 0) is 14.3 Å². The van der Waals surface area contributed by atoms with Gasteiger partial charge in [-0.15, -0.1) is 0 Å². The van der Waals surface area contributed by atoms with E-state index in [4.69, 9.17) is 4.74 Å². The van der Waals surface area contributed by atoms with Crippen LogP contribution in [0.2, 0.25) is 0 Å². The molecule has 2 unspecified atom stereocenters. The fourth-order valence-electron chi connectivity index (χ4n) is 4.56. The molecule has 0 aliphatic carbocycles. The number of rotatable bonds is 6. The molecule has 0 aromatic heterocycles. The molecule has 3 rings (SSSR count). The summed E-state index contributed by atoms with van der Waals surface area (Å²) in [4.78, 5) is 39.9. The zero-order chi connectivity index (χ0) is 22.1. The number of likely N-dealkylation sites (N-methyl/N-ethyl adjacent to an activating group) is 1. The number of ketones is 2. The van der Waals surface area contributed by atoms with Gasteiger partial charge in [-0.2, -0.15) is 0 Å². The van der Waals surface area contributed by atoms with Gasteiger partial charge in [0.25, 0.3) is 11.7 Å². The zero-order valence-corrected chi connectivity index (χ0v) is 18.1. The number of likely N-dealkylation sites (tertiary alicyclic amines) is 1. The van der Waals surface area contributed by atoms with Crippen LogP contribution in [0.25, 0.3) is 0 Å². The summed E-state index contributed by atoms with van der Waals surface area (Å²) in [7, 11) is 3.44. The Kier molecular flexibility index (Phi) is 6.15. The number of ether oxygens (including phenoxy) is 1. The topological polar surface area (TPSA) is 83.9 Å². The van der Waals surface area contributed by atoms with Crippen molar-refractivity contribution in [3.63, 3.8) is 0 Å². The molecular weight excluding hydrogens is 384 g/mol. The molecule has 2 aliphatic rings. The molecule has 7 heteroatoms. The van der Waals surface area contributed by atoms with Crippen molar-refractivity contribution in [1.29, 1.82) is 0 Å². The third-order valence-electron chi connectivity index (χ3n) is 6.37. The van der Waals surface area contributed by atoms with Crippen LogP contribution in [0.15, 0.2) is 42.3 Å². The van der Waals surface area contributed by atoms with Crippen LogP contribution in [0.3, 0.4) is 0 Å². The zero-order valence-electron chi connectivity index (χ0n) is 18.1. The summed E-state index contributed by atoms with van der Waals surface area (Å²) < 4.78 is 5.62. The summed E-state index contributed by atoms with van der Waals surface area (Å²) in [6, 6.07) is 8.52. The molecule has 1 saturated heterocycles. The van der Waals surface area contributed by atoms with Crippen LogP contribution in [0.1, 0.15) is 43.5 Å². The number of amides is 1. The summed E-state index contributed by atoms with van der Waals surface area (Å²) in [6.45, 7) is 4.00. The summed E-state index contributed by atoms with van der Waals surface area (Å²) in [5.74, 6) is -0.221. The van der Waals surface area contributed by atoms with Crippen molar-refractivity contribution in [2.75, 3.05) is 27.2 Å². The molecule has 30 heavy (non-hydrogen) atoms. The maximum absolute atomic E-state index is 13.0. The Labute approximate surface area is 177 Å². The Bertz CT molecular complexity index is 850. The number of Topliss-reactive ketones (excluding diaryl/α,β-unsaturated/α-hetero) is 2. The van der Waals surface area contributed by atoms with E-state index in [2.05, 4.69) is 0 Å². The predicted molar refractivity (Wildman–Crippen MR) is 111 cm³/mol. The van der Waals surface area contributed by atoms with E-state index in [1.807, 2.05) is 31.4 Å². The number of piperidine rings is 1. The number of carbonyl (C=O) groups is 3. The van der Waals surface area contributed by atoms with E-state index in [0.717, 1.165) is 0 Å². The molecule has 2 aliphatic heterocycles.